The summed E-state index contributed by atoms with van der Waals surface area (Å²) in [6.07, 6.45) is 3.24. The number of nitrogens with one attached hydrogen (secondary N) is 1. The van der Waals surface area contributed by atoms with Crippen molar-refractivity contribution in [3.63, 3.8) is 0 Å². The molecule has 0 amide bonds. The second kappa shape index (κ2) is 5.61. The Morgan fingerprint density at radius 3 is 2.55 bits per heavy atom. The highest BCUT2D eigenvalue weighted by Crippen LogP contribution is 2.37. The Morgan fingerprint density at radius 1 is 1.35 bits per heavy atom. The van der Waals surface area contributed by atoms with Crippen LogP contribution in [-0.2, 0) is 0 Å². The van der Waals surface area contributed by atoms with Crippen LogP contribution in [0.4, 0.5) is 11.4 Å². The van der Waals surface area contributed by atoms with Gasteiger partial charge in [-0.2, -0.15) is 5.10 Å². The first-order valence-corrected chi connectivity index (χ1v) is 6.92. The van der Waals surface area contributed by atoms with Gasteiger partial charge in [0.25, 0.3) is 5.69 Å². The van der Waals surface area contributed by atoms with Crippen molar-refractivity contribution in [2.75, 3.05) is 5.43 Å². The van der Waals surface area contributed by atoms with Crippen LogP contribution in [0.3, 0.4) is 0 Å². The zero-order valence-electron chi connectivity index (χ0n) is 12.2. The summed E-state index contributed by atoms with van der Waals surface area (Å²) in [5.41, 5.74) is 5.35. The van der Waals surface area contributed by atoms with Crippen molar-refractivity contribution in [3.05, 3.63) is 34.4 Å². The van der Waals surface area contributed by atoms with E-state index in [2.05, 4.69) is 31.3 Å². The Balaban J connectivity index is 2.03. The highest BCUT2D eigenvalue weighted by atomic mass is 16.6. The monoisotopic (exact) mass is 275 g/mol. The van der Waals surface area contributed by atoms with Gasteiger partial charge in [-0.15, -0.1) is 0 Å². The second-order valence-corrected chi connectivity index (χ2v) is 6.45. The molecule has 1 aliphatic rings. The second-order valence-electron chi connectivity index (χ2n) is 6.45. The van der Waals surface area contributed by atoms with Gasteiger partial charge in [-0.25, -0.2) is 0 Å². The molecule has 5 nitrogen and oxygen atoms in total. The predicted octanol–water partition coefficient (Wildman–Crippen LogP) is 4.21. The number of non-ortho nitro benzene ring substituents is 1. The highest BCUT2D eigenvalue weighted by molar-refractivity contribution is 5.86. The van der Waals surface area contributed by atoms with E-state index in [0.29, 0.717) is 11.3 Å². The number of hydrogen-bond donors (Lipinski definition) is 1. The Labute approximate surface area is 119 Å². The zero-order chi connectivity index (χ0) is 14.8. The van der Waals surface area contributed by atoms with E-state index in [9.17, 15) is 10.1 Å². The normalized spacial score (nSPS) is 23.6. The number of nitrogens with zero attached hydrogens (tertiary/aromatic N) is 2. The molecule has 0 heterocycles. The molecule has 0 saturated heterocycles. The number of hydrazone groups is 1. The van der Waals surface area contributed by atoms with E-state index in [1.54, 1.807) is 12.1 Å². The van der Waals surface area contributed by atoms with Gasteiger partial charge in [0, 0.05) is 17.8 Å². The lowest BCUT2D eigenvalue weighted by Gasteiger charge is -2.34. The molecule has 1 aromatic rings. The van der Waals surface area contributed by atoms with Crippen LogP contribution in [0.1, 0.15) is 40.0 Å². The Kier molecular flexibility index (Phi) is 4.06. The highest BCUT2D eigenvalue weighted by Gasteiger charge is 2.29. The number of benzene rings is 1. The van der Waals surface area contributed by atoms with Crippen molar-refractivity contribution in [1.29, 1.82) is 0 Å². The number of nitro groups is 1. The quantitative estimate of drug-likeness (QED) is 0.663. The van der Waals surface area contributed by atoms with E-state index < -0.39 is 4.92 Å². The largest absolute Gasteiger partial charge is 0.279 e. The van der Waals surface area contributed by atoms with Crippen LogP contribution < -0.4 is 5.43 Å². The number of nitro benzene ring substituents is 1. The third kappa shape index (κ3) is 3.79. The van der Waals surface area contributed by atoms with Crippen LogP contribution in [0.15, 0.2) is 29.4 Å². The molecule has 0 spiro atoms. The molecule has 20 heavy (non-hydrogen) atoms. The number of hydrogen-bond acceptors (Lipinski definition) is 4. The number of rotatable bonds is 3. The fourth-order valence-electron chi connectivity index (χ4n) is 3.00. The van der Waals surface area contributed by atoms with Crippen LogP contribution >= 0.6 is 0 Å². The van der Waals surface area contributed by atoms with E-state index >= 15 is 0 Å². The Bertz CT molecular complexity index is 520. The Morgan fingerprint density at radius 2 is 2.00 bits per heavy atom. The predicted molar refractivity (Wildman–Crippen MR) is 81.0 cm³/mol. The molecule has 0 aliphatic heterocycles. The van der Waals surface area contributed by atoms with E-state index in [4.69, 9.17) is 0 Å². The van der Waals surface area contributed by atoms with Gasteiger partial charge in [-0.1, -0.05) is 20.8 Å². The summed E-state index contributed by atoms with van der Waals surface area (Å²) < 4.78 is 0. The van der Waals surface area contributed by atoms with E-state index in [-0.39, 0.29) is 5.69 Å². The summed E-state index contributed by atoms with van der Waals surface area (Å²) in [5.74, 6) is 0.649. The molecule has 1 saturated carbocycles. The van der Waals surface area contributed by atoms with Gasteiger partial charge >= 0.3 is 0 Å². The molecule has 2 rings (SSSR count). The SMILES string of the molecule is C[C@H]1C/C(=N/Nc2ccc([N+](=O)[O-])cc2)CC(C)(C)C1. The average Bonchev–Trinajstić information content (AvgIpc) is 2.34. The molecule has 1 atom stereocenters. The molecule has 1 aromatic carbocycles. The van der Waals surface area contributed by atoms with Crippen molar-refractivity contribution in [2.24, 2.45) is 16.4 Å². The van der Waals surface area contributed by atoms with Gasteiger partial charge in [0.05, 0.1) is 10.6 Å². The lowest BCUT2D eigenvalue weighted by atomic mass is 9.72. The van der Waals surface area contributed by atoms with Gasteiger partial charge in [0.2, 0.25) is 0 Å². The summed E-state index contributed by atoms with van der Waals surface area (Å²) in [7, 11) is 0. The molecule has 0 aromatic heterocycles. The fraction of sp³-hybridized carbons (Fsp3) is 0.533. The minimum absolute atomic E-state index is 0.0932. The van der Waals surface area contributed by atoms with Crippen molar-refractivity contribution in [3.8, 4) is 0 Å². The molecule has 0 bridgehead atoms. The van der Waals surface area contributed by atoms with Gasteiger partial charge < -0.3 is 0 Å². The molecule has 0 unspecified atom stereocenters. The first-order valence-electron chi connectivity index (χ1n) is 6.92. The summed E-state index contributed by atoms with van der Waals surface area (Å²) in [6, 6.07) is 6.32. The first-order chi connectivity index (χ1) is 9.35. The average molecular weight is 275 g/mol. The van der Waals surface area contributed by atoms with E-state index in [1.807, 2.05) is 0 Å². The van der Waals surface area contributed by atoms with Gasteiger partial charge in [0.1, 0.15) is 0 Å². The lowest BCUT2D eigenvalue weighted by Crippen LogP contribution is -2.28. The minimum Gasteiger partial charge on any atom is -0.279 e. The minimum atomic E-state index is -0.402. The molecular formula is C15H21N3O2. The molecule has 0 radical (unpaired) electrons. The smallest absolute Gasteiger partial charge is 0.269 e. The van der Waals surface area contributed by atoms with Crippen molar-refractivity contribution in [2.45, 2.75) is 40.0 Å². The summed E-state index contributed by atoms with van der Waals surface area (Å²) in [4.78, 5) is 10.2. The zero-order valence-corrected chi connectivity index (χ0v) is 12.2. The van der Waals surface area contributed by atoms with Crippen LogP contribution in [0.2, 0.25) is 0 Å². The maximum absolute atomic E-state index is 10.6. The van der Waals surface area contributed by atoms with E-state index in [0.717, 1.165) is 18.5 Å². The van der Waals surface area contributed by atoms with Crippen molar-refractivity contribution >= 4 is 17.1 Å². The van der Waals surface area contributed by atoms with Crippen molar-refractivity contribution < 1.29 is 4.92 Å². The molecule has 1 fully saturated rings. The maximum atomic E-state index is 10.6. The van der Waals surface area contributed by atoms with Crippen molar-refractivity contribution in [1.82, 2.24) is 0 Å². The summed E-state index contributed by atoms with van der Waals surface area (Å²) in [6.45, 7) is 6.79. The molecule has 1 aliphatic carbocycles. The van der Waals surface area contributed by atoms with E-state index in [1.165, 1.54) is 24.3 Å². The fourth-order valence-corrected chi connectivity index (χ4v) is 3.00. The Hall–Kier alpha value is -1.91. The van der Waals surface area contributed by atoms with Crippen LogP contribution in [0, 0.1) is 21.4 Å². The third-order valence-corrected chi connectivity index (χ3v) is 3.59. The van der Waals surface area contributed by atoms with Gasteiger partial charge in [-0.3, -0.25) is 15.5 Å². The molecular weight excluding hydrogens is 254 g/mol. The summed E-state index contributed by atoms with van der Waals surface area (Å²) in [5, 5.41) is 15.1. The maximum Gasteiger partial charge on any atom is 0.269 e. The standard InChI is InChI=1S/C15H21N3O2/c1-11-8-13(10-15(2,3)9-11)17-16-12-4-6-14(7-5-12)18(19)20/h4-7,11,16H,8-10H2,1-3H3/b17-13-/t11-/m0/s1. The topological polar surface area (TPSA) is 67.5 Å². The molecule has 5 heteroatoms. The van der Waals surface area contributed by atoms with Crippen LogP contribution in [0.5, 0.6) is 0 Å². The van der Waals surface area contributed by atoms with Crippen LogP contribution in [0.25, 0.3) is 0 Å². The van der Waals surface area contributed by atoms with Gasteiger partial charge in [0.15, 0.2) is 0 Å². The van der Waals surface area contributed by atoms with Crippen LogP contribution in [-0.4, -0.2) is 10.6 Å². The molecule has 1 N–H and O–H groups in total. The molecule has 108 valence electrons. The lowest BCUT2D eigenvalue weighted by molar-refractivity contribution is -0.384. The first kappa shape index (κ1) is 14.5. The third-order valence-electron chi connectivity index (χ3n) is 3.59. The van der Waals surface area contributed by atoms with Gasteiger partial charge in [-0.05, 0) is 42.7 Å². The number of anilines is 1. The summed E-state index contributed by atoms with van der Waals surface area (Å²) >= 11 is 0.